The van der Waals surface area contributed by atoms with Crippen LogP contribution in [0.25, 0.3) is 0 Å². The van der Waals surface area contributed by atoms with Crippen LogP contribution in [0.5, 0.6) is 5.75 Å². The monoisotopic (exact) mass is 235 g/mol. The number of hydrogen-bond acceptors (Lipinski definition) is 4. The Labute approximate surface area is 98.7 Å². The molecule has 0 aromatic heterocycles. The van der Waals surface area contributed by atoms with E-state index in [2.05, 4.69) is 4.99 Å². The standard InChI is InChI=1S/C12H13NO4/c1-16-9-4-2-3-8(5-9)6-11-13-7-10(17-11)12(14)15/h2-5,10H,6-7H2,1H3,(H,14,15). The highest BCUT2D eigenvalue weighted by Gasteiger charge is 2.26. The van der Waals surface area contributed by atoms with Gasteiger partial charge in [-0.3, -0.25) is 4.99 Å². The molecule has 1 aromatic rings. The molecule has 0 fully saturated rings. The summed E-state index contributed by atoms with van der Waals surface area (Å²) >= 11 is 0. The van der Waals surface area contributed by atoms with Gasteiger partial charge in [0.15, 0.2) is 5.90 Å². The lowest BCUT2D eigenvalue weighted by Gasteiger charge is -2.07. The Morgan fingerprint density at radius 2 is 2.47 bits per heavy atom. The van der Waals surface area contributed by atoms with Gasteiger partial charge in [-0.2, -0.15) is 0 Å². The Morgan fingerprint density at radius 3 is 3.12 bits per heavy atom. The lowest BCUT2D eigenvalue weighted by Crippen LogP contribution is -2.24. The molecule has 90 valence electrons. The van der Waals surface area contributed by atoms with Gasteiger partial charge in [0.1, 0.15) is 5.75 Å². The molecule has 0 saturated carbocycles. The molecule has 1 aliphatic rings. The number of methoxy groups -OCH3 is 1. The fraction of sp³-hybridized carbons (Fsp3) is 0.333. The lowest BCUT2D eigenvalue weighted by atomic mass is 10.1. The number of aliphatic imine (C=N–C) groups is 1. The van der Waals surface area contributed by atoms with Gasteiger partial charge in [-0.05, 0) is 17.7 Å². The maximum absolute atomic E-state index is 10.7. The second-order valence-corrected chi connectivity index (χ2v) is 3.71. The number of aliphatic carboxylic acids is 1. The van der Waals surface area contributed by atoms with Crippen molar-refractivity contribution in [3.05, 3.63) is 29.8 Å². The van der Waals surface area contributed by atoms with E-state index in [4.69, 9.17) is 14.6 Å². The predicted octanol–water partition coefficient (Wildman–Crippen LogP) is 1.12. The van der Waals surface area contributed by atoms with E-state index in [0.29, 0.717) is 12.3 Å². The van der Waals surface area contributed by atoms with Gasteiger partial charge in [-0.1, -0.05) is 12.1 Å². The number of rotatable bonds is 4. The van der Waals surface area contributed by atoms with Crippen LogP contribution in [0.3, 0.4) is 0 Å². The van der Waals surface area contributed by atoms with Crippen LogP contribution in [-0.4, -0.2) is 36.7 Å². The molecule has 0 radical (unpaired) electrons. The van der Waals surface area contributed by atoms with E-state index in [-0.39, 0.29) is 6.54 Å². The Kier molecular flexibility index (Phi) is 3.27. The highest BCUT2D eigenvalue weighted by atomic mass is 16.5. The van der Waals surface area contributed by atoms with Gasteiger partial charge in [0.2, 0.25) is 6.10 Å². The molecule has 0 bridgehead atoms. The van der Waals surface area contributed by atoms with Crippen LogP contribution >= 0.6 is 0 Å². The Hall–Kier alpha value is -2.04. The van der Waals surface area contributed by atoms with Crippen LogP contribution in [0.4, 0.5) is 0 Å². The normalized spacial score (nSPS) is 18.4. The number of hydrogen-bond donors (Lipinski definition) is 1. The smallest absolute Gasteiger partial charge is 0.346 e. The molecule has 1 heterocycles. The second-order valence-electron chi connectivity index (χ2n) is 3.71. The lowest BCUT2D eigenvalue weighted by molar-refractivity contribution is -0.144. The maximum atomic E-state index is 10.7. The molecule has 0 amide bonds. The summed E-state index contributed by atoms with van der Waals surface area (Å²) in [6.45, 7) is 0.189. The fourth-order valence-electron chi connectivity index (χ4n) is 1.61. The molecule has 1 N–H and O–H groups in total. The summed E-state index contributed by atoms with van der Waals surface area (Å²) in [6.07, 6.45) is -0.350. The molecule has 5 nitrogen and oxygen atoms in total. The predicted molar refractivity (Wildman–Crippen MR) is 61.5 cm³/mol. The molecule has 5 heteroatoms. The van der Waals surface area contributed by atoms with Crippen LogP contribution < -0.4 is 4.74 Å². The van der Waals surface area contributed by atoms with Crippen molar-refractivity contribution in [2.75, 3.05) is 13.7 Å². The van der Waals surface area contributed by atoms with Gasteiger partial charge in [-0.15, -0.1) is 0 Å². The van der Waals surface area contributed by atoms with E-state index in [9.17, 15) is 4.79 Å². The third-order valence-corrected chi connectivity index (χ3v) is 2.48. The van der Waals surface area contributed by atoms with Crippen molar-refractivity contribution in [3.63, 3.8) is 0 Å². The molecule has 0 spiro atoms. The Morgan fingerprint density at radius 1 is 1.65 bits per heavy atom. The van der Waals surface area contributed by atoms with Gasteiger partial charge >= 0.3 is 5.97 Å². The number of nitrogens with zero attached hydrogens (tertiary/aromatic N) is 1. The van der Waals surface area contributed by atoms with Crippen molar-refractivity contribution in [1.29, 1.82) is 0 Å². The van der Waals surface area contributed by atoms with E-state index >= 15 is 0 Å². The van der Waals surface area contributed by atoms with Gasteiger partial charge in [-0.25, -0.2) is 4.79 Å². The zero-order valence-electron chi connectivity index (χ0n) is 9.42. The van der Waals surface area contributed by atoms with Crippen LogP contribution in [0.15, 0.2) is 29.3 Å². The SMILES string of the molecule is COc1cccc(CC2=NCC(C(=O)O)O2)c1. The van der Waals surface area contributed by atoms with E-state index in [1.54, 1.807) is 7.11 Å². The zero-order valence-corrected chi connectivity index (χ0v) is 9.42. The maximum Gasteiger partial charge on any atom is 0.346 e. The number of benzene rings is 1. The average Bonchev–Trinajstić information content (AvgIpc) is 2.78. The van der Waals surface area contributed by atoms with Gasteiger partial charge in [0.25, 0.3) is 0 Å². The first kappa shape index (κ1) is 11.4. The van der Waals surface area contributed by atoms with Crippen molar-refractivity contribution in [2.45, 2.75) is 12.5 Å². The molecular weight excluding hydrogens is 222 g/mol. The zero-order chi connectivity index (χ0) is 12.3. The number of carbonyl (C=O) groups is 1. The van der Waals surface area contributed by atoms with E-state index < -0.39 is 12.1 Å². The molecule has 17 heavy (non-hydrogen) atoms. The fourth-order valence-corrected chi connectivity index (χ4v) is 1.61. The molecular formula is C12H13NO4. The molecule has 0 aliphatic carbocycles. The van der Waals surface area contributed by atoms with Crippen LogP contribution in [0.2, 0.25) is 0 Å². The summed E-state index contributed by atoms with van der Waals surface area (Å²) in [5.74, 6) is 0.246. The summed E-state index contributed by atoms with van der Waals surface area (Å²) in [5, 5.41) is 8.76. The third kappa shape index (κ3) is 2.75. The van der Waals surface area contributed by atoms with Gasteiger partial charge in [0.05, 0.1) is 13.7 Å². The Bertz CT molecular complexity index is 456. The van der Waals surface area contributed by atoms with E-state index in [1.807, 2.05) is 24.3 Å². The molecule has 0 saturated heterocycles. The topological polar surface area (TPSA) is 68.1 Å². The molecule has 2 rings (SSSR count). The van der Waals surface area contributed by atoms with E-state index in [1.165, 1.54) is 0 Å². The Balaban J connectivity index is 2.00. The third-order valence-electron chi connectivity index (χ3n) is 2.48. The van der Waals surface area contributed by atoms with Crippen LogP contribution in [-0.2, 0) is 16.0 Å². The number of ether oxygens (including phenoxy) is 2. The molecule has 1 aromatic carbocycles. The average molecular weight is 235 g/mol. The largest absolute Gasteiger partial charge is 0.497 e. The summed E-state index contributed by atoms with van der Waals surface area (Å²) in [4.78, 5) is 14.7. The number of carboxylic acid groups (broad SMARTS) is 1. The summed E-state index contributed by atoms with van der Waals surface area (Å²) in [5.41, 5.74) is 0.981. The number of carboxylic acids is 1. The first-order chi connectivity index (χ1) is 8.19. The van der Waals surface area contributed by atoms with Crippen LogP contribution in [0, 0.1) is 0 Å². The first-order valence-corrected chi connectivity index (χ1v) is 5.25. The van der Waals surface area contributed by atoms with Crippen molar-refractivity contribution < 1.29 is 19.4 Å². The van der Waals surface area contributed by atoms with Crippen molar-refractivity contribution >= 4 is 11.9 Å². The van der Waals surface area contributed by atoms with E-state index in [0.717, 1.165) is 11.3 Å². The second kappa shape index (κ2) is 4.86. The molecule has 1 atom stereocenters. The summed E-state index contributed by atoms with van der Waals surface area (Å²) in [6, 6.07) is 7.52. The van der Waals surface area contributed by atoms with Crippen LogP contribution in [0.1, 0.15) is 5.56 Å². The van der Waals surface area contributed by atoms with Crippen molar-refractivity contribution in [2.24, 2.45) is 4.99 Å². The minimum atomic E-state index is -0.977. The minimum Gasteiger partial charge on any atom is -0.497 e. The van der Waals surface area contributed by atoms with Gasteiger partial charge in [0, 0.05) is 6.42 Å². The van der Waals surface area contributed by atoms with Crippen molar-refractivity contribution in [1.82, 2.24) is 0 Å². The highest BCUT2D eigenvalue weighted by molar-refractivity contribution is 5.85. The minimum absolute atomic E-state index is 0.189. The summed E-state index contributed by atoms with van der Waals surface area (Å²) in [7, 11) is 1.60. The molecule has 1 aliphatic heterocycles. The molecule has 1 unspecified atom stereocenters. The first-order valence-electron chi connectivity index (χ1n) is 5.25. The summed E-state index contributed by atoms with van der Waals surface area (Å²) < 4.78 is 10.3. The van der Waals surface area contributed by atoms with Gasteiger partial charge < -0.3 is 14.6 Å². The quantitative estimate of drug-likeness (QED) is 0.849. The highest BCUT2D eigenvalue weighted by Crippen LogP contribution is 2.15. The van der Waals surface area contributed by atoms with Crippen molar-refractivity contribution in [3.8, 4) is 5.75 Å².